The van der Waals surface area contributed by atoms with Crippen LogP contribution in [0.15, 0.2) is 24.3 Å². The fourth-order valence-corrected chi connectivity index (χ4v) is 3.95. The van der Waals surface area contributed by atoms with Crippen molar-refractivity contribution >= 4 is 22.7 Å². The summed E-state index contributed by atoms with van der Waals surface area (Å²) in [5.74, 6) is 0. The molecule has 0 fully saturated rings. The summed E-state index contributed by atoms with van der Waals surface area (Å²) < 4.78 is 0. The summed E-state index contributed by atoms with van der Waals surface area (Å²) in [6.45, 7) is 8.92. The molecular weight excluding hydrogens is 258 g/mol. The molecule has 2 aromatic heterocycles. The third-order valence-corrected chi connectivity index (χ3v) is 5.92. The summed E-state index contributed by atoms with van der Waals surface area (Å²) in [6.07, 6.45) is 1.09. The van der Waals surface area contributed by atoms with E-state index < -0.39 is 0 Å². The minimum Gasteiger partial charge on any atom is -0.319 e. The van der Waals surface area contributed by atoms with E-state index in [2.05, 4.69) is 52.0 Å². The predicted octanol–water partition coefficient (Wildman–Crippen LogP) is 4.72. The first kappa shape index (κ1) is 13.8. The summed E-state index contributed by atoms with van der Waals surface area (Å²) in [5, 5.41) is 0. The number of thiophene rings is 2. The molecule has 0 saturated carbocycles. The molecule has 3 heteroatoms. The van der Waals surface area contributed by atoms with Crippen molar-refractivity contribution in [2.75, 3.05) is 0 Å². The summed E-state index contributed by atoms with van der Waals surface area (Å²) in [6, 6.07) is 8.80. The van der Waals surface area contributed by atoms with Gasteiger partial charge in [-0.15, -0.1) is 22.7 Å². The molecule has 98 valence electrons. The summed E-state index contributed by atoms with van der Waals surface area (Å²) >= 11 is 3.68. The standard InChI is InChI=1S/C15H21NS2/c1-5-10-6-7-11(17-10)14(16)12-8-9-13(18-12)15(2,3)4/h6-9,14H,5,16H2,1-4H3. The normalized spacial score (nSPS) is 13.8. The van der Waals surface area contributed by atoms with Crippen LogP contribution in [-0.2, 0) is 11.8 Å². The second-order valence-electron chi connectivity index (χ2n) is 5.59. The first-order chi connectivity index (χ1) is 8.41. The molecule has 1 atom stereocenters. The Morgan fingerprint density at radius 2 is 1.67 bits per heavy atom. The van der Waals surface area contributed by atoms with Crippen molar-refractivity contribution in [3.8, 4) is 0 Å². The third-order valence-electron chi connectivity index (χ3n) is 3.01. The van der Waals surface area contributed by atoms with Crippen molar-refractivity contribution in [2.45, 2.75) is 45.6 Å². The highest BCUT2D eigenvalue weighted by Crippen LogP contribution is 2.35. The van der Waals surface area contributed by atoms with E-state index in [4.69, 9.17) is 5.73 Å². The largest absolute Gasteiger partial charge is 0.319 e. The second-order valence-corrected chi connectivity index (χ2v) is 7.90. The van der Waals surface area contributed by atoms with Crippen LogP contribution in [0.1, 0.15) is 53.2 Å². The Labute approximate surface area is 118 Å². The van der Waals surface area contributed by atoms with Gasteiger partial charge in [0, 0.05) is 19.5 Å². The Bertz CT molecular complexity index is 517. The lowest BCUT2D eigenvalue weighted by atomic mass is 9.95. The molecule has 0 amide bonds. The van der Waals surface area contributed by atoms with Crippen LogP contribution >= 0.6 is 22.7 Å². The molecule has 0 aliphatic heterocycles. The zero-order valence-electron chi connectivity index (χ0n) is 11.5. The SMILES string of the molecule is CCc1ccc(C(N)c2ccc(C(C)(C)C)s2)s1. The van der Waals surface area contributed by atoms with E-state index in [0.717, 1.165) is 6.42 Å². The van der Waals surface area contributed by atoms with Crippen molar-refractivity contribution in [1.82, 2.24) is 0 Å². The Kier molecular flexibility index (Phi) is 3.95. The molecule has 0 aliphatic carbocycles. The second kappa shape index (κ2) is 5.16. The lowest BCUT2D eigenvalue weighted by Gasteiger charge is -2.15. The van der Waals surface area contributed by atoms with Gasteiger partial charge in [0.05, 0.1) is 6.04 Å². The smallest absolute Gasteiger partial charge is 0.0740 e. The minimum atomic E-state index is 0.0383. The fourth-order valence-electron chi connectivity index (χ4n) is 1.81. The Morgan fingerprint density at radius 3 is 2.17 bits per heavy atom. The average molecular weight is 279 g/mol. The van der Waals surface area contributed by atoms with Gasteiger partial charge >= 0.3 is 0 Å². The molecule has 1 unspecified atom stereocenters. The van der Waals surface area contributed by atoms with Crippen LogP contribution in [0.3, 0.4) is 0 Å². The maximum atomic E-state index is 6.36. The zero-order chi connectivity index (χ0) is 13.3. The van der Waals surface area contributed by atoms with Gasteiger partial charge in [-0.3, -0.25) is 0 Å². The van der Waals surface area contributed by atoms with Gasteiger partial charge in [-0.05, 0) is 36.1 Å². The van der Waals surface area contributed by atoms with E-state index in [-0.39, 0.29) is 11.5 Å². The molecule has 1 nitrogen and oxygen atoms in total. The average Bonchev–Trinajstić information content (AvgIpc) is 2.96. The first-order valence-corrected chi connectivity index (χ1v) is 7.99. The van der Waals surface area contributed by atoms with Crippen LogP contribution in [0.4, 0.5) is 0 Å². The maximum Gasteiger partial charge on any atom is 0.0740 e. The highest BCUT2D eigenvalue weighted by molar-refractivity contribution is 7.13. The zero-order valence-corrected chi connectivity index (χ0v) is 13.1. The van der Waals surface area contributed by atoms with Gasteiger partial charge in [-0.25, -0.2) is 0 Å². The van der Waals surface area contributed by atoms with Crippen LogP contribution < -0.4 is 5.73 Å². The van der Waals surface area contributed by atoms with Crippen LogP contribution in [0.25, 0.3) is 0 Å². The van der Waals surface area contributed by atoms with E-state index in [1.54, 1.807) is 0 Å². The topological polar surface area (TPSA) is 26.0 Å². The monoisotopic (exact) mass is 279 g/mol. The Morgan fingerprint density at radius 1 is 1.06 bits per heavy atom. The van der Waals surface area contributed by atoms with E-state index in [9.17, 15) is 0 Å². The number of hydrogen-bond acceptors (Lipinski definition) is 3. The minimum absolute atomic E-state index is 0.0383. The molecule has 0 spiro atoms. The summed E-state index contributed by atoms with van der Waals surface area (Å²) in [7, 11) is 0. The lowest BCUT2D eigenvalue weighted by molar-refractivity contribution is 0.604. The first-order valence-electron chi connectivity index (χ1n) is 6.36. The number of rotatable bonds is 3. The van der Waals surface area contributed by atoms with E-state index >= 15 is 0 Å². The molecule has 0 aliphatic rings. The van der Waals surface area contributed by atoms with Gasteiger partial charge in [-0.1, -0.05) is 27.7 Å². The van der Waals surface area contributed by atoms with Crippen LogP contribution in [0.5, 0.6) is 0 Å². The van der Waals surface area contributed by atoms with E-state index in [1.807, 2.05) is 22.7 Å². The predicted molar refractivity (Wildman–Crippen MR) is 82.7 cm³/mol. The van der Waals surface area contributed by atoms with E-state index in [0.29, 0.717) is 0 Å². The van der Waals surface area contributed by atoms with Gasteiger partial charge < -0.3 is 5.73 Å². The molecule has 18 heavy (non-hydrogen) atoms. The lowest BCUT2D eigenvalue weighted by Crippen LogP contribution is -2.09. The quantitative estimate of drug-likeness (QED) is 0.864. The van der Waals surface area contributed by atoms with Gasteiger partial charge in [0.25, 0.3) is 0 Å². The number of hydrogen-bond donors (Lipinski definition) is 1. The molecule has 0 saturated heterocycles. The van der Waals surface area contributed by atoms with Crippen molar-refractivity contribution in [2.24, 2.45) is 5.73 Å². The highest BCUT2D eigenvalue weighted by atomic mass is 32.1. The molecule has 2 heterocycles. The van der Waals surface area contributed by atoms with Gasteiger partial charge in [-0.2, -0.15) is 0 Å². The van der Waals surface area contributed by atoms with Crippen molar-refractivity contribution in [3.05, 3.63) is 43.8 Å². The Hall–Kier alpha value is -0.640. The van der Waals surface area contributed by atoms with Gasteiger partial charge in [0.2, 0.25) is 0 Å². The van der Waals surface area contributed by atoms with Crippen LogP contribution in [-0.4, -0.2) is 0 Å². The molecule has 2 aromatic rings. The fraction of sp³-hybridized carbons (Fsp3) is 0.467. The van der Waals surface area contributed by atoms with Gasteiger partial charge in [0.1, 0.15) is 0 Å². The van der Waals surface area contributed by atoms with Crippen molar-refractivity contribution in [1.29, 1.82) is 0 Å². The molecule has 0 bridgehead atoms. The summed E-state index contributed by atoms with van der Waals surface area (Å²) in [4.78, 5) is 5.35. The van der Waals surface area contributed by atoms with Crippen LogP contribution in [0, 0.1) is 0 Å². The number of nitrogens with two attached hydrogens (primary N) is 1. The Balaban J connectivity index is 2.23. The molecule has 2 N–H and O–H groups in total. The molecule has 2 rings (SSSR count). The van der Waals surface area contributed by atoms with Crippen LogP contribution in [0.2, 0.25) is 0 Å². The van der Waals surface area contributed by atoms with Crippen molar-refractivity contribution < 1.29 is 0 Å². The van der Waals surface area contributed by atoms with Gasteiger partial charge in [0.15, 0.2) is 0 Å². The third kappa shape index (κ3) is 2.85. The highest BCUT2D eigenvalue weighted by Gasteiger charge is 2.19. The van der Waals surface area contributed by atoms with Crippen molar-refractivity contribution in [3.63, 3.8) is 0 Å². The van der Waals surface area contributed by atoms with E-state index in [1.165, 1.54) is 19.5 Å². The summed E-state index contributed by atoms with van der Waals surface area (Å²) in [5.41, 5.74) is 6.58. The number of aryl methyl sites for hydroxylation is 1. The molecule has 0 radical (unpaired) electrons. The molecule has 0 aromatic carbocycles. The maximum absolute atomic E-state index is 6.36. The molecular formula is C15H21NS2.